The van der Waals surface area contributed by atoms with Gasteiger partial charge in [0.1, 0.15) is 0 Å². The number of hydrogen-bond donors (Lipinski definition) is 3. The van der Waals surface area contributed by atoms with Gasteiger partial charge in [0.05, 0.1) is 13.2 Å². The molecule has 2 rings (SSSR count). The van der Waals surface area contributed by atoms with E-state index in [9.17, 15) is 4.79 Å². The van der Waals surface area contributed by atoms with E-state index in [1.54, 1.807) is 7.05 Å². The molecule has 1 aromatic rings. The fraction of sp³-hybridized carbons (Fsp3) is 0.636. The van der Waals surface area contributed by atoms with Crippen LogP contribution in [0.25, 0.3) is 0 Å². The summed E-state index contributed by atoms with van der Waals surface area (Å²) in [5.41, 5.74) is 1.89. The Hall–Kier alpha value is -2.12. The summed E-state index contributed by atoms with van der Waals surface area (Å²) in [5.74, 6) is 1.37. The molecule has 0 saturated carbocycles. The van der Waals surface area contributed by atoms with Crippen molar-refractivity contribution in [3.05, 3.63) is 29.8 Å². The predicted octanol–water partition coefficient (Wildman–Crippen LogP) is 2.45. The number of morpholine rings is 1. The van der Waals surface area contributed by atoms with Crippen molar-refractivity contribution in [3.8, 4) is 0 Å². The number of anilines is 1. The van der Waals surface area contributed by atoms with E-state index in [1.807, 2.05) is 24.3 Å². The summed E-state index contributed by atoms with van der Waals surface area (Å²) in [6, 6.07) is 8.31. The number of benzene rings is 1. The minimum Gasteiger partial charge on any atom is -0.379 e. The van der Waals surface area contributed by atoms with Gasteiger partial charge in [0.25, 0.3) is 0 Å². The van der Waals surface area contributed by atoms with Gasteiger partial charge >= 0.3 is 0 Å². The predicted molar refractivity (Wildman–Crippen MR) is 119 cm³/mol. The zero-order chi connectivity index (χ0) is 21.1. The lowest BCUT2D eigenvalue weighted by molar-refractivity contribution is -0.114. The molecule has 0 radical (unpaired) electrons. The summed E-state index contributed by atoms with van der Waals surface area (Å²) in [6.07, 6.45) is 2.34. The Labute approximate surface area is 175 Å². The van der Waals surface area contributed by atoms with Crippen molar-refractivity contribution in [3.63, 3.8) is 0 Å². The highest BCUT2D eigenvalue weighted by molar-refractivity contribution is 5.88. The van der Waals surface area contributed by atoms with E-state index in [0.29, 0.717) is 18.5 Å². The second kappa shape index (κ2) is 12.4. The molecule has 1 atom stereocenters. The van der Waals surface area contributed by atoms with E-state index in [4.69, 9.17) is 4.74 Å². The molecule has 1 amide bonds. The normalized spacial score (nSPS) is 16.5. The molecule has 7 heteroatoms. The maximum absolute atomic E-state index is 11.3. The van der Waals surface area contributed by atoms with Crippen LogP contribution in [0.5, 0.6) is 0 Å². The van der Waals surface area contributed by atoms with Crippen LogP contribution in [0, 0.1) is 5.92 Å². The molecule has 1 unspecified atom stereocenters. The number of carbonyl (C=O) groups is 1. The number of carbonyl (C=O) groups excluding carboxylic acids is 1. The minimum absolute atomic E-state index is 0.0665. The first-order valence-electron chi connectivity index (χ1n) is 10.7. The number of amides is 1. The van der Waals surface area contributed by atoms with E-state index >= 15 is 0 Å². The van der Waals surface area contributed by atoms with Gasteiger partial charge in [-0.05, 0) is 23.6 Å². The van der Waals surface area contributed by atoms with Crippen molar-refractivity contribution in [2.45, 2.75) is 46.2 Å². The number of aliphatic imine (C=N–C) groups is 1. The SMILES string of the molecule is CCC(CC)C(CNC(=NC)NCc1cccc(NC(C)=O)c1)N1CCOCC1. The zero-order valence-electron chi connectivity index (χ0n) is 18.3. The van der Waals surface area contributed by atoms with E-state index < -0.39 is 0 Å². The van der Waals surface area contributed by atoms with Gasteiger partial charge in [0.15, 0.2) is 5.96 Å². The second-order valence-corrected chi connectivity index (χ2v) is 7.48. The molecule has 1 aliphatic heterocycles. The molecule has 1 fully saturated rings. The summed E-state index contributed by atoms with van der Waals surface area (Å²) in [6.45, 7) is 11.2. The lowest BCUT2D eigenvalue weighted by Crippen LogP contribution is -2.53. The van der Waals surface area contributed by atoms with Crippen molar-refractivity contribution in [1.29, 1.82) is 0 Å². The summed E-state index contributed by atoms with van der Waals surface area (Å²) < 4.78 is 5.54. The first-order chi connectivity index (χ1) is 14.1. The van der Waals surface area contributed by atoms with E-state index in [2.05, 4.69) is 39.7 Å². The summed E-state index contributed by atoms with van der Waals surface area (Å²) in [5, 5.41) is 9.72. The van der Waals surface area contributed by atoms with Crippen LogP contribution in [0.4, 0.5) is 5.69 Å². The van der Waals surface area contributed by atoms with Crippen molar-refractivity contribution in [2.24, 2.45) is 10.9 Å². The average molecular weight is 404 g/mol. The van der Waals surface area contributed by atoms with Crippen LogP contribution in [0.1, 0.15) is 39.2 Å². The standard InChI is InChI=1S/C22H37N5O2/c1-5-19(6-2)21(27-10-12-29-13-11-27)16-25-22(23-4)24-15-18-8-7-9-20(14-18)26-17(3)28/h7-9,14,19,21H,5-6,10-13,15-16H2,1-4H3,(H,26,28)(H2,23,24,25). The molecule has 7 nitrogen and oxygen atoms in total. The highest BCUT2D eigenvalue weighted by Gasteiger charge is 2.26. The van der Waals surface area contributed by atoms with Crippen molar-refractivity contribution >= 4 is 17.6 Å². The Bertz CT molecular complexity index is 654. The van der Waals surface area contributed by atoms with Crippen LogP contribution in [0.3, 0.4) is 0 Å². The van der Waals surface area contributed by atoms with Crippen LogP contribution in [0.2, 0.25) is 0 Å². The number of nitrogens with one attached hydrogen (secondary N) is 3. The molecule has 29 heavy (non-hydrogen) atoms. The van der Waals surface area contributed by atoms with Crippen molar-refractivity contribution in [1.82, 2.24) is 15.5 Å². The molecule has 1 saturated heterocycles. The molecule has 0 spiro atoms. The van der Waals surface area contributed by atoms with Gasteiger partial charge in [-0.15, -0.1) is 0 Å². The molecule has 1 aromatic carbocycles. The average Bonchev–Trinajstić information content (AvgIpc) is 2.73. The Morgan fingerprint density at radius 1 is 1.21 bits per heavy atom. The Morgan fingerprint density at radius 3 is 2.55 bits per heavy atom. The number of guanidine groups is 1. The largest absolute Gasteiger partial charge is 0.379 e. The number of nitrogens with zero attached hydrogens (tertiary/aromatic N) is 2. The van der Waals surface area contributed by atoms with Gasteiger partial charge in [-0.1, -0.05) is 38.8 Å². The van der Waals surface area contributed by atoms with Gasteiger partial charge in [-0.3, -0.25) is 14.7 Å². The monoisotopic (exact) mass is 403 g/mol. The molecule has 0 bridgehead atoms. The third-order valence-electron chi connectivity index (χ3n) is 5.52. The van der Waals surface area contributed by atoms with Crippen LogP contribution in [-0.2, 0) is 16.1 Å². The Kier molecular flexibility index (Phi) is 9.94. The number of ether oxygens (including phenoxy) is 1. The fourth-order valence-electron chi connectivity index (χ4n) is 3.91. The van der Waals surface area contributed by atoms with E-state index in [1.165, 1.54) is 19.8 Å². The first-order valence-corrected chi connectivity index (χ1v) is 10.7. The third-order valence-corrected chi connectivity index (χ3v) is 5.52. The highest BCUT2D eigenvalue weighted by atomic mass is 16.5. The summed E-state index contributed by atoms with van der Waals surface area (Å²) in [7, 11) is 1.80. The van der Waals surface area contributed by atoms with E-state index in [-0.39, 0.29) is 5.91 Å². The van der Waals surface area contributed by atoms with Crippen LogP contribution in [-0.4, -0.2) is 62.7 Å². The molecule has 0 aromatic heterocycles. The fourth-order valence-corrected chi connectivity index (χ4v) is 3.91. The molecule has 1 aliphatic rings. The van der Waals surface area contributed by atoms with Crippen molar-refractivity contribution < 1.29 is 9.53 Å². The van der Waals surface area contributed by atoms with Gasteiger partial charge in [-0.25, -0.2) is 0 Å². The third kappa shape index (κ3) is 7.66. The van der Waals surface area contributed by atoms with Gasteiger partial charge in [0, 0.05) is 51.9 Å². The molecule has 162 valence electrons. The molecule has 3 N–H and O–H groups in total. The van der Waals surface area contributed by atoms with Gasteiger partial charge in [-0.2, -0.15) is 0 Å². The topological polar surface area (TPSA) is 78.0 Å². The summed E-state index contributed by atoms with van der Waals surface area (Å²) >= 11 is 0. The van der Waals surface area contributed by atoms with Crippen LogP contribution < -0.4 is 16.0 Å². The van der Waals surface area contributed by atoms with Crippen LogP contribution in [0.15, 0.2) is 29.3 Å². The molecule has 0 aliphatic carbocycles. The van der Waals surface area contributed by atoms with Gasteiger partial charge < -0.3 is 20.7 Å². The highest BCUT2D eigenvalue weighted by Crippen LogP contribution is 2.19. The molecular weight excluding hydrogens is 366 g/mol. The molecule has 1 heterocycles. The van der Waals surface area contributed by atoms with Crippen molar-refractivity contribution in [2.75, 3.05) is 45.2 Å². The number of hydrogen-bond acceptors (Lipinski definition) is 4. The Morgan fingerprint density at radius 2 is 1.93 bits per heavy atom. The van der Waals surface area contributed by atoms with Crippen LogP contribution >= 0.6 is 0 Å². The maximum Gasteiger partial charge on any atom is 0.221 e. The zero-order valence-corrected chi connectivity index (χ0v) is 18.3. The molecular formula is C22H37N5O2. The first kappa shape index (κ1) is 23.2. The van der Waals surface area contributed by atoms with Gasteiger partial charge in [0.2, 0.25) is 5.91 Å². The van der Waals surface area contributed by atoms with E-state index in [0.717, 1.165) is 50.1 Å². The second-order valence-electron chi connectivity index (χ2n) is 7.48. The quantitative estimate of drug-likeness (QED) is 0.436. The Balaban J connectivity index is 1.92. The lowest BCUT2D eigenvalue weighted by Gasteiger charge is -2.39. The maximum atomic E-state index is 11.3. The smallest absolute Gasteiger partial charge is 0.221 e. The minimum atomic E-state index is -0.0665. The summed E-state index contributed by atoms with van der Waals surface area (Å²) in [4.78, 5) is 18.2. The lowest BCUT2D eigenvalue weighted by atomic mass is 9.92. The number of rotatable bonds is 9.